The van der Waals surface area contributed by atoms with E-state index in [-0.39, 0.29) is 6.04 Å². The van der Waals surface area contributed by atoms with Crippen LogP contribution in [0.2, 0.25) is 5.02 Å². The highest BCUT2D eigenvalue weighted by atomic mass is 35.5. The molecule has 1 aromatic carbocycles. The molecule has 1 atom stereocenters. The van der Waals surface area contributed by atoms with Gasteiger partial charge in [-0.2, -0.15) is 0 Å². The zero-order chi connectivity index (χ0) is 11.3. The normalized spacial score (nSPS) is 12.5. The fourth-order valence-corrected chi connectivity index (χ4v) is 1.77. The van der Waals surface area contributed by atoms with E-state index in [1.807, 2.05) is 18.2 Å². The summed E-state index contributed by atoms with van der Waals surface area (Å²) in [6, 6.07) is 5.81. The Balaban J connectivity index is 2.73. The minimum Gasteiger partial charge on any atom is -0.495 e. The molecule has 15 heavy (non-hydrogen) atoms. The molecule has 0 aromatic heterocycles. The lowest BCUT2D eigenvalue weighted by atomic mass is 10.0. The zero-order valence-corrected chi connectivity index (χ0v) is 10.1. The average molecular weight is 228 g/mol. The second kappa shape index (κ2) is 5.99. The topological polar surface area (TPSA) is 35.2 Å². The van der Waals surface area contributed by atoms with Crippen molar-refractivity contribution < 1.29 is 4.74 Å². The third-order valence-electron chi connectivity index (χ3n) is 2.47. The predicted octanol–water partition coefficient (Wildman–Crippen LogP) is 3.54. The molecule has 0 heterocycles. The molecule has 0 fully saturated rings. The van der Waals surface area contributed by atoms with Gasteiger partial charge < -0.3 is 10.5 Å². The Kier molecular flexibility index (Phi) is 4.92. The van der Waals surface area contributed by atoms with Crippen molar-refractivity contribution in [3.8, 4) is 5.75 Å². The van der Waals surface area contributed by atoms with Crippen LogP contribution in [0.15, 0.2) is 18.2 Å². The van der Waals surface area contributed by atoms with E-state index in [2.05, 4.69) is 6.92 Å². The third kappa shape index (κ3) is 3.40. The molecule has 0 aliphatic rings. The number of benzene rings is 1. The highest BCUT2D eigenvalue weighted by Gasteiger charge is 2.08. The van der Waals surface area contributed by atoms with Gasteiger partial charge in [0.1, 0.15) is 5.75 Å². The molecule has 1 aromatic rings. The van der Waals surface area contributed by atoms with Crippen molar-refractivity contribution in [3.63, 3.8) is 0 Å². The van der Waals surface area contributed by atoms with Crippen LogP contribution >= 0.6 is 11.6 Å². The first-order valence-corrected chi connectivity index (χ1v) is 5.65. The summed E-state index contributed by atoms with van der Waals surface area (Å²) >= 11 is 6.03. The maximum Gasteiger partial charge on any atom is 0.137 e. The quantitative estimate of drug-likeness (QED) is 0.835. The largest absolute Gasteiger partial charge is 0.495 e. The van der Waals surface area contributed by atoms with Gasteiger partial charge in [0.05, 0.1) is 12.1 Å². The van der Waals surface area contributed by atoms with E-state index < -0.39 is 0 Å². The second-order valence-electron chi connectivity index (χ2n) is 3.64. The fraction of sp³-hybridized carbons (Fsp3) is 0.500. The zero-order valence-electron chi connectivity index (χ0n) is 9.29. The molecule has 1 rings (SSSR count). The monoisotopic (exact) mass is 227 g/mol. The summed E-state index contributed by atoms with van der Waals surface area (Å²) in [6.45, 7) is 2.16. The van der Waals surface area contributed by atoms with Crippen molar-refractivity contribution in [2.45, 2.75) is 32.2 Å². The molecular weight excluding hydrogens is 210 g/mol. The first kappa shape index (κ1) is 12.3. The summed E-state index contributed by atoms with van der Waals surface area (Å²) in [6.07, 6.45) is 3.31. The van der Waals surface area contributed by atoms with Crippen LogP contribution < -0.4 is 10.5 Å². The van der Waals surface area contributed by atoms with Gasteiger partial charge in [0, 0.05) is 6.04 Å². The van der Waals surface area contributed by atoms with E-state index in [4.69, 9.17) is 22.1 Å². The van der Waals surface area contributed by atoms with Crippen molar-refractivity contribution in [3.05, 3.63) is 28.8 Å². The second-order valence-corrected chi connectivity index (χ2v) is 4.05. The van der Waals surface area contributed by atoms with Gasteiger partial charge in [-0.05, 0) is 24.1 Å². The Bertz CT molecular complexity index is 314. The lowest BCUT2D eigenvalue weighted by Gasteiger charge is -2.12. The van der Waals surface area contributed by atoms with E-state index in [9.17, 15) is 0 Å². The first-order valence-electron chi connectivity index (χ1n) is 5.28. The van der Waals surface area contributed by atoms with Gasteiger partial charge in [-0.1, -0.05) is 37.4 Å². The minimum absolute atomic E-state index is 0.0772. The van der Waals surface area contributed by atoms with Gasteiger partial charge in [0.2, 0.25) is 0 Å². The van der Waals surface area contributed by atoms with Crippen molar-refractivity contribution >= 4 is 11.6 Å². The Hall–Kier alpha value is -0.730. The van der Waals surface area contributed by atoms with Crippen LogP contribution in [-0.2, 0) is 0 Å². The summed E-state index contributed by atoms with van der Waals surface area (Å²) in [5, 5.41) is 0.627. The molecule has 0 aliphatic carbocycles. The molecule has 84 valence electrons. The van der Waals surface area contributed by atoms with Crippen LogP contribution in [0.5, 0.6) is 5.75 Å². The molecule has 2 nitrogen and oxygen atoms in total. The van der Waals surface area contributed by atoms with E-state index in [0.717, 1.165) is 24.8 Å². The van der Waals surface area contributed by atoms with Crippen LogP contribution in [0.4, 0.5) is 0 Å². The van der Waals surface area contributed by atoms with Gasteiger partial charge in [-0.25, -0.2) is 0 Å². The summed E-state index contributed by atoms with van der Waals surface area (Å²) in [4.78, 5) is 0. The van der Waals surface area contributed by atoms with E-state index in [1.165, 1.54) is 0 Å². The Labute approximate surface area is 96.4 Å². The SMILES string of the molecule is CCCC[C@H](N)c1ccc(OC)c(Cl)c1. The van der Waals surface area contributed by atoms with Crippen molar-refractivity contribution in [1.29, 1.82) is 0 Å². The first-order chi connectivity index (χ1) is 7.19. The number of ether oxygens (including phenoxy) is 1. The molecule has 3 heteroatoms. The lowest BCUT2D eigenvalue weighted by Crippen LogP contribution is -2.09. The number of nitrogens with two attached hydrogens (primary N) is 1. The Morgan fingerprint density at radius 2 is 2.20 bits per heavy atom. The van der Waals surface area contributed by atoms with E-state index in [0.29, 0.717) is 10.8 Å². The number of methoxy groups -OCH3 is 1. The average Bonchev–Trinajstić information content (AvgIpc) is 2.25. The summed E-state index contributed by atoms with van der Waals surface area (Å²) in [5.41, 5.74) is 7.12. The highest BCUT2D eigenvalue weighted by molar-refractivity contribution is 6.32. The van der Waals surface area contributed by atoms with Crippen LogP contribution in [0.25, 0.3) is 0 Å². The van der Waals surface area contributed by atoms with Gasteiger partial charge >= 0.3 is 0 Å². The minimum atomic E-state index is 0.0772. The summed E-state index contributed by atoms with van der Waals surface area (Å²) in [7, 11) is 1.61. The van der Waals surface area contributed by atoms with Crippen molar-refractivity contribution in [2.75, 3.05) is 7.11 Å². The van der Waals surface area contributed by atoms with Crippen molar-refractivity contribution in [2.24, 2.45) is 5.73 Å². The maximum atomic E-state index is 6.04. The molecule has 2 N–H and O–H groups in total. The van der Waals surface area contributed by atoms with Crippen LogP contribution in [0.3, 0.4) is 0 Å². The maximum absolute atomic E-state index is 6.04. The summed E-state index contributed by atoms with van der Waals surface area (Å²) < 4.78 is 5.09. The molecular formula is C12H18ClNO. The molecule has 0 saturated carbocycles. The molecule has 0 bridgehead atoms. The Morgan fingerprint density at radius 3 is 2.73 bits per heavy atom. The number of unbranched alkanes of at least 4 members (excludes halogenated alkanes) is 1. The molecule has 0 spiro atoms. The smallest absolute Gasteiger partial charge is 0.137 e. The standard InChI is InChI=1S/C12H18ClNO/c1-3-4-5-11(14)9-6-7-12(15-2)10(13)8-9/h6-8,11H,3-5,14H2,1-2H3/t11-/m0/s1. The number of rotatable bonds is 5. The molecule has 0 saturated heterocycles. The summed E-state index contributed by atoms with van der Waals surface area (Å²) in [5.74, 6) is 0.697. The van der Waals surface area contributed by atoms with Crippen LogP contribution in [0.1, 0.15) is 37.8 Å². The molecule has 0 amide bonds. The number of hydrogen-bond acceptors (Lipinski definition) is 2. The predicted molar refractivity (Wildman–Crippen MR) is 64.5 cm³/mol. The van der Waals surface area contributed by atoms with Crippen LogP contribution in [0, 0.1) is 0 Å². The van der Waals surface area contributed by atoms with Gasteiger partial charge in [0.25, 0.3) is 0 Å². The fourth-order valence-electron chi connectivity index (χ4n) is 1.50. The van der Waals surface area contributed by atoms with Gasteiger partial charge in [0.15, 0.2) is 0 Å². The van der Waals surface area contributed by atoms with Gasteiger partial charge in [-0.3, -0.25) is 0 Å². The molecule has 0 aliphatic heterocycles. The van der Waals surface area contributed by atoms with Crippen LogP contribution in [-0.4, -0.2) is 7.11 Å². The Morgan fingerprint density at radius 1 is 1.47 bits per heavy atom. The van der Waals surface area contributed by atoms with E-state index in [1.54, 1.807) is 7.11 Å². The molecule has 0 unspecified atom stereocenters. The van der Waals surface area contributed by atoms with E-state index >= 15 is 0 Å². The number of halogens is 1. The number of hydrogen-bond donors (Lipinski definition) is 1. The third-order valence-corrected chi connectivity index (χ3v) is 2.77. The lowest BCUT2D eigenvalue weighted by molar-refractivity contribution is 0.414. The van der Waals surface area contributed by atoms with Gasteiger partial charge in [-0.15, -0.1) is 0 Å². The highest BCUT2D eigenvalue weighted by Crippen LogP contribution is 2.28. The van der Waals surface area contributed by atoms with Crippen molar-refractivity contribution in [1.82, 2.24) is 0 Å². The molecule has 0 radical (unpaired) electrons.